The van der Waals surface area contributed by atoms with Crippen LogP contribution in [0, 0.1) is 13.8 Å². The highest BCUT2D eigenvalue weighted by Crippen LogP contribution is 2.40. The smallest absolute Gasteiger partial charge is 0.278 e. The number of aromatic amines is 1. The quantitative estimate of drug-likeness (QED) is 0.919. The van der Waals surface area contributed by atoms with Crippen molar-refractivity contribution in [3.8, 4) is 11.6 Å². The minimum atomic E-state index is -0.374. The Kier molecular flexibility index (Phi) is 2.89. The van der Waals surface area contributed by atoms with E-state index in [1.165, 1.54) is 0 Å². The third kappa shape index (κ3) is 1.96. The summed E-state index contributed by atoms with van der Waals surface area (Å²) >= 11 is 0. The Morgan fingerprint density at radius 2 is 1.95 bits per heavy atom. The number of aryl methyl sites for hydroxylation is 2. The molecule has 102 valence electrons. The van der Waals surface area contributed by atoms with Gasteiger partial charge in [-0.15, -0.1) is 0 Å². The Morgan fingerprint density at radius 3 is 2.53 bits per heavy atom. The van der Waals surface area contributed by atoms with Crippen molar-refractivity contribution in [3.63, 3.8) is 0 Å². The lowest BCUT2D eigenvalue weighted by atomic mass is 10.0. The van der Waals surface area contributed by atoms with E-state index in [1.807, 2.05) is 13.8 Å². The summed E-state index contributed by atoms with van der Waals surface area (Å²) < 4.78 is 11.0. The van der Waals surface area contributed by atoms with Crippen LogP contribution in [0.4, 0.5) is 0 Å². The number of imidazole rings is 1. The van der Waals surface area contributed by atoms with Gasteiger partial charge in [0, 0.05) is 12.8 Å². The first kappa shape index (κ1) is 12.3. The molecule has 19 heavy (non-hydrogen) atoms. The van der Waals surface area contributed by atoms with Crippen molar-refractivity contribution in [2.45, 2.75) is 45.1 Å². The summed E-state index contributed by atoms with van der Waals surface area (Å²) in [5.41, 5.74) is 1.28. The Hall–Kier alpha value is -1.69. The fourth-order valence-corrected chi connectivity index (χ4v) is 2.79. The molecule has 1 saturated carbocycles. The molecule has 0 bridgehead atoms. The summed E-state index contributed by atoms with van der Waals surface area (Å²) in [6.45, 7) is 3.85. The van der Waals surface area contributed by atoms with Crippen LogP contribution in [0.5, 0.6) is 0 Å². The van der Waals surface area contributed by atoms with Crippen molar-refractivity contribution in [1.29, 1.82) is 0 Å². The minimum Gasteiger partial charge on any atom is -0.370 e. The molecule has 2 aromatic heterocycles. The zero-order chi connectivity index (χ0) is 13.5. The molecule has 2 heterocycles. The number of aromatic nitrogens is 4. The fourth-order valence-electron chi connectivity index (χ4n) is 2.79. The van der Waals surface area contributed by atoms with Gasteiger partial charge in [-0.2, -0.15) is 4.98 Å². The van der Waals surface area contributed by atoms with Crippen molar-refractivity contribution in [2.75, 3.05) is 7.11 Å². The third-order valence-electron chi connectivity index (χ3n) is 3.84. The molecular formula is C13H18N4O2. The van der Waals surface area contributed by atoms with Crippen molar-refractivity contribution < 1.29 is 9.26 Å². The van der Waals surface area contributed by atoms with Gasteiger partial charge in [0.15, 0.2) is 0 Å². The second-order valence-electron chi connectivity index (χ2n) is 5.12. The summed E-state index contributed by atoms with van der Waals surface area (Å²) in [5, 5.41) is 4.10. The molecule has 6 nitrogen and oxygen atoms in total. The van der Waals surface area contributed by atoms with Gasteiger partial charge in [-0.1, -0.05) is 5.16 Å². The molecule has 0 aliphatic heterocycles. The molecule has 1 aliphatic carbocycles. The van der Waals surface area contributed by atoms with E-state index in [0.717, 1.165) is 42.9 Å². The summed E-state index contributed by atoms with van der Waals surface area (Å²) in [5.74, 6) is 1.94. The van der Waals surface area contributed by atoms with Gasteiger partial charge >= 0.3 is 0 Å². The average Bonchev–Trinajstić information content (AvgIpc) is 3.08. The molecule has 2 aromatic rings. The lowest BCUT2D eigenvalue weighted by molar-refractivity contribution is -0.0178. The molecule has 0 spiro atoms. The SMILES string of the molecule is COC1(c2noc(-c3nc(C)[nH]c3C)n2)CCCC1. The maximum absolute atomic E-state index is 5.66. The van der Waals surface area contributed by atoms with Gasteiger partial charge < -0.3 is 14.2 Å². The van der Waals surface area contributed by atoms with Crippen molar-refractivity contribution >= 4 is 0 Å². The Morgan fingerprint density at radius 1 is 1.21 bits per heavy atom. The molecular weight excluding hydrogens is 244 g/mol. The van der Waals surface area contributed by atoms with E-state index >= 15 is 0 Å². The van der Waals surface area contributed by atoms with Crippen LogP contribution in [0.15, 0.2) is 4.52 Å². The van der Waals surface area contributed by atoms with E-state index in [0.29, 0.717) is 11.7 Å². The second-order valence-corrected chi connectivity index (χ2v) is 5.12. The number of ether oxygens (including phenoxy) is 1. The van der Waals surface area contributed by atoms with E-state index in [4.69, 9.17) is 9.26 Å². The van der Waals surface area contributed by atoms with E-state index in [2.05, 4.69) is 20.1 Å². The summed E-state index contributed by atoms with van der Waals surface area (Å²) in [6, 6.07) is 0. The Labute approximate surface area is 111 Å². The number of hydrogen-bond donors (Lipinski definition) is 1. The van der Waals surface area contributed by atoms with Crippen LogP contribution in [0.2, 0.25) is 0 Å². The lowest BCUT2D eigenvalue weighted by Crippen LogP contribution is -2.25. The van der Waals surface area contributed by atoms with Gasteiger partial charge in [0.05, 0.1) is 0 Å². The molecule has 6 heteroatoms. The highest BCUT2D eigenvalue weighted by molar-refractivity contribution is 5.50. The number of methoxy groups -OCH3 is 1. The van der Waals surface area contributed by atoms with Crippen molar-refractivity contribution in [1.82, 2.24) is 20.1 Å². The highest BCUT2D eigenvalue weighted by atomic mass is 16.5. The average molecular weight is 262 g/mol. The summed E-state index contributed by atoms with van der Waals surface area (Å²) in [7, 11) is 1.71. The first-order valence-electron chi connectivity index (χ1n) is 6.57. The van der Waals surface area contributed by atoms with Gasteiger partial charge in [0.25, 0.3) is 5.89 Å². The molecule has 0 amide bonds. The van der Waals surface area contributed by atoms with Gasteiger partial charge in [-0.25, -0.2) is 4.98 Å². The largest absolute Gasteiger partial charge is 0.370 e. The molecule has 1 N–H and O–H groups in total. The molecule has 1 fully saturated rings. The maximum atomic E-state index is 5.66. The topological polar surface area (TPSA) is 76.8 Å². The first-order valence-corrected chi connectivity index (χ1v) is 6.57. The minimum absolute atomic E-state index is 0.374. The zero-order valence-corrected chi connectivity index (χ0v) is 11.5. The number of nitrogens with zero attached hydrogens (tertiary/aromatic N) is 3. The maximum Gasteiger partial charge on any atom is 0.278 e. The molecule has 0 saturated heterocycles. The second kappa shape index (κ2) is 4.45. The van der Waals surface area contributed by atoms with Crippen molar-refractivity contribution in [2.24, 2.45) is 0 Å². The van der Waals surface area contributed by atoms with Crippen LogP contribution in [0.3, 0.4) is 0 Å². The van der Waals surface area contributed by atoms with Crippen LogP contribution in [-0.2, 0) is 10.3 Å². The lowest BCUT2D eigenvalue weighted by Gasteiger charge is -2.22. The number of hydrogen-bond acceptors (Lipinski definition) is 5. The monoisotopic (exact) mass is 262 g/mol. The fraction of sp³-hybridized carbons (Fsp3) is 0.615. The van der Waals surface area contributed by atoms with Crippen LogP contribution >= 0.6 is 0 Å². The van der Waals surface area contributed by atoms with Gasteiger partial charge in [0.1, 0.15) is 17.1 Å². The zero-order valence-electron chi connectivity index (χ0n) is 11.5. The van der Waals surface area contributed by atoms with Crippen LogP contribution < -0.4 is 0 Å². The highest BCUT2D eigenvalue weighted by Gasteiger charge is 2.40. The van der Waals surface area contributed by atoms with E-state index in [1.54, 1.807) is 7.11 Å². The van der Waals surface area contributed by atoms with E-state index in [9.17, 15) is 0 Å². The standard InChI is InChI=1S/C13H18N4O2/c1-8-10(15-9(2)14-8)11-16-12(17-19-11)13(18-3)6-4-5-7-13/h4-7H2,1-3H3,(H,14,15). The molecule has 0 radical (unpaired) electrons. The Balaban J connectivity index is 1.97. The molecule has 0 unspecified atom stereocenters. The normalized spacial score (nSPS) is 18.1. The van der Waals surface area contributed by atoms with Gasteiger partial charge in [0.2, 0.25) is 5.82 Å². The first-order chi connectivity index (χ1) is 9.14. The number of rotatable bonds is 3. The van der Waals surface area contributed by atoms with Gasteiger partial charge in [-0.3, -0.25) is 0 Å². The molecule has 1 aliphatic rings. The van der Waals surface area contributed by atoms with E-state index < -0.39 is 0 Å². The third-order valence-corrected chi connectivity index (χ3v) is 3.84. The predicted molar refractivity (Wildman–Crippen MR) is 68.5 cm³/mol. The summed E-state index contributed by atoms with van der Waals surface area (Å²) in [4.78, 5) is 12.0. The molecule has 0 atom stereocenters. The number of H-pyrrole nitrogens is 1. The molecule has 3 rings (SSSR count). The Bertz CT molecular complexity index is 581. The van der Waals surface area contributed by atoms with Gasteiger partial charge in [-0.05, 0) is 39.5 Å². The summed E-state index contributed by atoms with van der Waals surface area (Å²) in [6.07, 6.45) is 4.17. The number of nitrogens with one attached hydrogen (secondary N) is 1. The van der Waals surface area contributed by atoms with E-state index in [-0.39, 0.29) is 5.60 Å². The molecule has 0 aromatic carbocycles. The van der Waals surface area contributed by atoms with Crippen LogP contribution in [0.1, 0.15) is 43.0 Å². The van der Waals surface area contributed by atoms with Crippen LogP contribution in [-0.4, -0.2) is 27.2 Å². The van der Waals surface area contributed by atoms with Crippen molar-refractivity contribution in [3.05, 3.63) is 17.3 Å². The predicted octanol–water partition coefficient (Wildman–Crippen LogP) is 2.49. The van der Waals surface area contributed by atoms with Crippen LogP contribution in [0.25, 0.3) is 11.6 Å².